The van der Waals surface area contributed by atoms with Crippen LogP contribution >= 0.6 is 0 Å². The molecular formula is C29H54N2O3. The summed E-state index contributed by atoms with van der Waals surface area (Å²) in [5, 5.41) is 0. The van der Waals surface area contributed by atoms with Crippen molar-refractivity contribution < 1.29 is 14.3 Å². The molecule has 34 heavy (non-hydrogen) atoms. The Kier molecular flexibility index (Phi) is 16.8. The third-order valence-corrected chi connectivity index (χ3v) is 6.44. The first kappa shape index (κ1) is 30.5. The molecule has 1 aliphatic rings. The Bertz CT molecular complexity index is 560. The lowest BCUT2D eigenvalue weighted by molar-refractivity contribution is -0.133. The summed E-state index contributed by atoms with van der Waals surface area (Å²) in [5.41, 5.74) is -0.478. The van der Waals surface area contributed by atoms with Crippen LogP contribution in [0.1, 0.15) is 130 Å². The van der Waals surface area contributed by atoms with Crippen LogP contribution in [0.5, 0.6) is 0 Å². The van der Waals surface area contributed by atoms with Crippen LogP contribution in [0.2, 0.25) is 0 Å². The van der Waals surface area contributed by atoms with E-state index >= 15 is 0 Å². The van der Waals surface area contributed by atoms with E-state index in [0.29, 0.717) is 32.6 Å². The van der Waals surface area contributed by atoms with Crippen molar-refractivity contribution in [2.24, 2.45) is 0 Å². The van der Waals surface area contributed by atoms with E-state index in [1.54, 1.807) is 4.90 Å². The molecular weight excluding hydrogens is 424 g/mol. The predicted molar refractivity (Wildman–Crippen MR) is 143 cm³/mol. The summed E-state index contributed by atoms with van der Waals surface area (Å²) >= 11 is 0. The van der Waals surface area contributed by atoms with E-state index in [4.69, 9.17) is 4.74 Å². The molecule has 1 rings (SSSR count). The standard InChI is InChI=1S/C29H54N2O3/c1-5-6-7-8-9-10-11-12-13-14-15-16-17-18-19-20-21-22-27(32)30-23-25-31(26-24-30)28(33)34-29(2,3)4/h12-13H,5-11,14-26H2,1-4H3/b13-12-. The third kappa shape index (κ3) is 16.2. The first-order chi connectivity index (χ1) is 16.3. The highest BCUT2D eigenvalue weighted by molar-refractivity contribution is 5.76. The van der Waals surface area contributed by atoms with Crippen LogP contribution in [0.4, 0.5) is 4.79 Å². The molecule has 0 radical (unpaired) electrons. The second-order valence-electron chi connectivity index (χ2n) is 10.9. The highest BCUT2D eigenvalue weighted by Gasteiger charge is 2.27. The number of piperazine rings is 1. The molecule has 0 saturated carbocycles. The average molecular weight is 479 g/mol. The summed E-state index contributed by atoms with van der Waals surface area (Å²) in [4.78, 5) is 28.2. The van der Waals surface area contributed by atoms with Crippen molar-refractivity contribution in [1.82, 2.24) is 9.80 Å². The SMILES string of the molecule is CCCCCCCC/C=C\CCCCCCCCCC(=O)N1CCN(C(=O)OC(C)(C)C)CC1. The molecule has 0 aromatic carbocycles. The van der Waals surface area contributed by atoms with Gasteiger partial charge in [-0.3, -0.25) is 4.79 Å². The van der Waals surface area contributed by atoms with E-state index in [2.05, 4.69) is 19.1 Å². The minimum atomic E-state index is -0.478. The van der Waals surface area contributed by atoms with Gasteiger partial charge in [0.05, 0.1) is 0 Å². The lowest BCUT2D eigenvalue weighted by Gasteiger charge is -2.35. The van der Waals surface area contributed by atoms with E-state index in [-0.39, 0.29) is 12.0 Å². The van der Waals surface area contributed by atoms with E-state index in [1.165, 1.54) is 83.5 Å². The Hall–Kier alpha value is -1.52. The number of ether oxygens (including phenoxy) is 1. The number of amides is 2. The predicted octanol–water partition coefficient (Wildman–Crippen LogP) is 7.88. The van der Waals surface area contributed by atoms with Crippen LogP contribution in [0.15, 0.2) is 12.2 Å². The lowest BCUT2D eigenvalue weighted by Crippen LogP contribution is -2.51. The summed E-state index contributed by atoms with van der Waals surface area (Å²) in [6.45, 7) is 10.3. The zero-order valence-electron chi connectivity index (χ0n) is 22.9. The Morgan fingerprint density at radius 2 is 1.12 bits per heavy atom. The maximum atomic E-state index is 12.4. The van der Waals surface area contributed by atoms with Crippen LogP contribution < -0.4 is 0 Å². The molecule has 1 fully saturated rings. The third-order valence-electron chi connectivity index (χ3n) is 6.44. The summed E-state index contributed by atoms with van der Waals surface area (Å²) in [7, 11) is 0. The Morgan fingerprint density at radius 1 is 0.676 bits per heavy atom. The highest BCUT2D eigenvalue weighted by atomic mass is 16.6. The average Bonchev–Trinajstić information content (AvgIpc) is 2.80. The molecule has 2 amide bonds. The molecule has 0 atom stereocenters. The van der Waals surface area contributed by atoms with E-state index in [9.17, 15) is 9.59 Å². The van der Waals surface area contributed by atoms with Crippen molar-refractivity contribution in [1.29, 1.82) is 0 Å². The molecule has 1 heterocycles. The van der Waals surface area contributed by atoms with Crippen molar-refractivity contribution in [3.8, 4) is 0 Å². The van der Waals surface area contributed by atoms with Gasteiger partial charge in [0, 0.05) is 32.6 Å². The number of allylic oxidation sites excluding steroid dienone is 2. The van der Waals surface area contributed by atoms with Crippen molar-refractivity contribution >= 4 is 12.0 Å². The quantitative estimate of drug-likeness (QED) is 0.158. The summed E-state index contributed by atoms with van der Waals surface area (Å²) in [6.07, 6.45) is 24.5. The van der Waals surface area contributed by atoms with Crippen LogP contribution in [-0.2, 0) is 9.53 Å². The van der Waals surface area contributed by atoms with Gasteiger partial charge < -0.3 is 14.5 Å². The van der Waals surface area contributed by atoms with Gasteiger partial charge in [-0.25, -0.2) is 4.79 Å². The number of carbonyl (C=O) groups is 2. The molecule has 0 aliphatic carbocycles. The minimum absolute atomic E-state index is 0.233. The maximum absolute atomic E-state index is 12.4. The molecule has 5 heteroatoms. The lowest BCUT2D eigenvalue weighted by atomic mass is 10.1. The van der Waals surface area contributed by atoms with Crippen LogP contribution in [0.3, 0.4) is 0 Å². The van der Waals surface area contributed by atoms with E-state index in [1.807, 2.05) is 25.7 Å². The topological polar surface area (TPSA) is 49.9 Å². The minimum Gasteiger partial charge on any atom is -0.444 e. The fourth-order valence-electron chi connectivity index (χ4n) is 4.32. The van der Waals surface area contributed by atoms with Crippen LogP contribution in [0.25, 0.3) is 0 Å². The van der Waals surface area contributed by atoms with Gasteiger partial charge in [0.25, 0.3) is 0 Å². The Labute approximate surface area is 210 Å². The molecule has 0 N–H and O–H groups in total. The van der Waals surface area contributed by atoms with Gasteiger partial charge in [0.15, 0.2) is 0 Å². The number of hydrogen-bond acceptors (Lipinski definition) is 3. The van der Waals surface area contributed by atoms with E-state index in [0.717, 1.165) is 12.8 Å². The molecule has 0 bridgehead atoms. The van der Waals surface area contributed by atoms with Crippen LogP contribution in [-0.4, -0.2) is 53.6 Å². The smallest absolute Gasteiger partial charge is 0.410 e. The van der Waals surface area contributed by atoms with Gasteiger partial charge in [-0.15, -0.1) is 0 Å². The van der Waals surface area contributed by atoms with Crippen molar-refractivity contribution in [2.75, 3.05) is 26.2 Å². The van der Waals surface area contributed by atoms with Crippen molar-refractivity contribution in [2.45, 2.75) is 136 Å². The molecule has 0 unspecified atom stereocenters. The number of unbranched alkanes of at least 4 members (excludes halogenated alkanes) is 13. The first-order valence-electron chi connectivity index (χ1n) is 14.2. The zero-order chi connectivity index (χ0) is 25.1. The highest BCUT2D eigenvalue weighted by Crippen LogP contribution is 2.14. The molecule has 1 aliphatic heterocycles. The molecule has 0 spiro atoms. The Balaban J connectivity index is 1.91. The monoisotopic (exact) mass is 478 g/mol. The number of nitrogens with zero attached hydrogens (tertiary/aromatic N) is 2. The fraction of sp³-hybridized carbons (Fsp3) is 0.862. The van der Waals surface area contributed by atoms with Gasteiger partial charge in [0.1, 0.15) is 5.60 Å². The van der Waals surface area contributed by atoms with Crippen molar-refractivity contribution in [3.05, 3.63) is 12.2 Å². The number of carbonyl (C=O) groups excluding carboxylic acids is 2. The molecule has 0 aromatic heterocycles. The molecule has 198 valence electrons. The molecule has 5 nitrogen and oxygen atoms in total. The fourth-order valence-corrected chi connectivity index (χ4v) is 4.32. The van der Waals surface area contributed by atoms with Crippen LogP contribution in [0, 0.1) is 0 Å². The number of hydrogen-bond donors (Lipinski definition) is 0. The van der Waals surface area contributed by atoms with Gasteiger partial charge >= 0.3 is 6.09 Å². The first-order valence-corrected chi connectivity index (χ1v) is 14.2. The largest absolute Gasteiger partial charge is 0.444 e. The summed E-state index contributed by atoms with van der Waals surface area (Å²) < 4.78 is 5.42. The van der Waals surface area contributed by atoms with Gasteiger partial charge in [-0.1, -0.05) is 83.3 Å². The summed E-state index contributed by atoms with van der Waals surface area (Å²) in [6, 6.07) is 0. The molecule has 1 saturated heterocycles. The normalized spacial score (nSPS) is 14.7. The van der Waals surface area contributed by atoms with Crippen molar-refractivity contribution in [3.63, 3.8) is 0 Å². The Morgan fingerprint density at radius 3 is 1.62 bits per heavy atom. The molecule has 0 aromatic rings. The van der Waals surface area contributed by atoms with Gasteiger partial charge in [0.2, 0.25) is 5.91 Å². The van der Waals surface area contributed by atoms with Gasteiger partial charge in [-0.05, 0) is 52.9 Å². The second kappa shape index (κ2) is 18.8. The zero-order valence-corrected chi connectivity index (χ0v) is 22.9. The van der Waals surface area contributed by atoms with Gasteiger partial charge in [-0.2, -0.15) is 0 Å². The van der Waals surface area contributed by atoms with E-state index < -0.39 is 5.60 Å². The summed E-state index contributed by atoms with van der Waals surface area (Å²) in [5.74, 6) is 0.233. The maximum Gasteiger partial charge on any atom is 0.410 e. The number of rotatable bonds is 17. The second-order valence-corrected chi connectivity index (χ2v) is 10.9.